The molecule has 1 unspecified atom stereocenters. The van der Waals surface area contributed by atoms with E-state index in [0.717, 1.165) is 31.3 Å². The summed E-state index contributed by atoms with van der Waals surface area (Å²) in [5.74, 6) is -0.803. The largest absolute Gasteiger partial charge is 0.316 e. The lowest BCUT2D eigenvalue weighted by molar-refractivity contribution is 0.580. The van der Waals surface area contributed by atoms with Gasteiger partial charge < -0.3 is 9.88 Å². The van der Waals surface area contributed by atoms with Crippen LogP contribution in [0.25, 0.3) is 5.69 Å². The minimum atomic E-state index is -0.575. The van der Waals surface area contributed by atoms with Crippen LogP contribution in [0.1, 0.15) is 18.0 Å². The third-order valence-corrected chi connectivity index (χ3v) is 3.27. The number of benzene rings is 1. The number of imidazole rings is 1. The van der Waals surface area contributed by atoms with Crippen molar-refractivity contribution in [2.75, 3.05) is 13.1 Å². The van der Waals surface area contributed by atoms with Gasteiger partial charge in [0.2, 0.25) is 0 Å². The zero-order valence-corrected chi connectivity index (χ0v) is 9.74. The van der Waals surface area contributed by atoms with Crippen LogP contribution >= 0.6 is 0 Å². The zero-order valence-electron chi connectivity index (χ0n) is 9.74. The zero-order chi connectivity index (χ0) is 12.5. The smallest absolute Gasteiger partial charge is 0.128 e. The van der Waals surface area contributed by atoms with E-state index in [1.54, 1.807) is 17.1 Å². The van der Waals surface area contributed by atoms with Crippen LogP contribution in [0.4, 0.5) is 8.78 Å². The Bertz CT molecular complexity index is 539. The molecule has 18 heavy (non-hydrogen) atoms. The molecular weight excluding hydrogens is 236 g/mol. The molecule has 3 nitrogen and oxygen atoms in total. The molecule has 1 N–H and O–H groups in total. The Balaban J connectivity index is 2.03. The third-order valence-electron chi connectivity index (χ3n) is 3.27. The number of nitrogens with zero attached hydrogens (tertiary/aromatic N) is 2. The quantitative estimate of drug-likeness (QED) is 0.884. The van der Waals surface area contributed by atoms with Crippen LogP contribution in [0.3, 0.4) is 0 Å². The summed E-state index contributed by atoms with van der Waals surface area (Å²) in [6, 6.07) is 3.50. The van der Waals surface area contributed by atoms with E-state index in [0.29, 0.717) is 11.6 Å². The number of aromatic nitrogens is 2. The van der Waals surface area contributed by atoms with Gasteiger partial charge in [-0.2, -0.15) is 0 Å². The maximum atomic E-state index is 13.2. The second-order valence-corrected chi connectivity index (χ2v) is 4.51. The Hall–Kier alpha value is -1.75. The lowest BCUT2D eigenvalue weighted by Gasteiger charge is -2.13. The molecule has 1 aromatic carbocycles. The molecule has 1 aliphatic heterocycles. The molecule has 1 atom stereocenters. The summed E-state index contributed by atoms with van der Waals surface area (Å²) in [7, 11) is 0. The highest BCUT2D eigenvalue weighted by Crippen LogP contribution is 2.25. The molecule has 1 fully saturated rings. The van der Waals surface area contributed by atoms with Crippen molar-refractivity contribution < 1.29 is 8.78 Å². The van der Waals surface area contributed by atoms with Crippen molar-refractivity contribution in [1.29, 1.82) is 0 Å². The summed E-state index contributed by atoms with van der Waals surface area (Å²) in [5.41, 5.74) is 1.47. The molecule has 0 bridgehead atoms. The number of hydrogen-bond acceptors (Lipinski definition) is 2. The molecule has 2 heterocycles. The lowest BCUT2D eigenvalue weighted by Crippen LogP contribution is -2.11. The first-order valence-electron chi connectivity index (χ1n) is 5.93. The van der Waals surface area contributed by atoms with Crippen molar-refractivity contribution in [2.45, 2.75) is 12.3 Å². The first kappa shape index (κ1) is 11.3. The van der Waals surface area contributed by atoms with Gasteiger partial charge in [-0.15, -0.1) is 0 Å². The van der Waals surface area contributed by atoms with E-state index >= 15 is 0 Å². The molecule has 0 spiro atoms. The van der Waals surface area contributed by atoms with Crippen molar-refractivity contribution in [3.63, 3.8) is 0 Å². The van der Waals surface area contributed by atoms with Crippen LogP contribution < -0.4 is 5.32 Å². The second kappa shape index (κ2) is 4.49. The minimum absolute atomic E-state index is 0.346. The molecule has 0 saturated carbocycles. The standard InChI is InChI=1S/C13H13F2N3/c14-10-3-11(15)5-12(4-10)18-8-17-7-13(18)9-1-2-16-6-9/h3-5,7-9,16H,1-2,6H2. The maximum absolute atomic E-state index is 13.2. The average molecular weight is 249 g/mol. The average Bonchev–Trinajstić information content (AvgIpc) is 2.98. The summed E-state index contributed by atoms with van der Waals surface area (Å²) in [5, 5.41) is 3.27. The van der Waals surface area contributed by atoms with Crippen molar-refractivity contribution in [3.05, 3.63) is 48.1 Å². The number of halogens is 2. The van der Waals surface area contributed by atoms with Gasteiger partial charge in [-0.3, -0.25) is 0 Å². The summed E-state index contributed by atoms with van der Waals surface area (Å²) in [6.07, 6.45) is 4.38. The van der Waals surface area contributed by atoms with Gasteiger partial charge in [-0.1, -0.05) is 0 Å². The molecule has 1 aromatic heterocycles. The summed E-state index contributed by atoms with van der Waals surface area (Å²) < 4.78 is 28.2. The Morgan fingerprint density at radius 1 is 1.22 bits per heavy atom. The molecule has 1 saturated heterocycles. The number of hydrogen-bond donors (Lipinski definition) is 1. The first-order valence-corrected chi connectivity index (χ1v) is 5.93. The van der Waals surface area contributed by atoms with Gasteiger partial charge in [0.25, 0.3) is 0 Å². The molecule has 2 aromatic rings. The summed E-state index contributed by atoms with van der Waals surface area (Å²) in [6.45, 7) is 1.84. The van der Waals surface area contributed by atoms with E-state index in [-0.39, 0.29) is 0 Å². The van der Waals surface area contributed by atoms with Gasteiger partial charge in [0.1, 0.15) is 11.6 Å². The van der Waals surface area contributed by atoms with Gasteiger partial charge in [0, 0.05) is 30.4 Å². The van der Waals surface area contributed by atoms with Gasteiger partial charge in [-0.05, 0) is 25.1 Å². The molecule has 0 radical (unpaired) electrons. The molecule has 94 valence electrons. The van der Waals surface area contributed by atoms with Crippen LogP contribution in [0, 0.1) is 11.6 Å². The normalized spacial score (nSPS) is 19.3. The first-order chi connectivity index (χ1) is 8.74. The Labute approximate surface area is 103 Å². The SMILES string of the molecule is Fc1cc(F)cc(-n2cncc2C2CCNC2)c1. The molecule has 5 heteroatoms. The van der Waals surface area contributed by atoms with Crippen molar-refractivity contribution in [2.24, 2.45) is 0 Å². The predicted molar refractivity (Wildman–Crippen MR) is 63.7 cm³/mol. The van der Waals surface area contributed by atoms with Crippen LogP contribution in [0.2, 0.25) is 0 Å². The van der Waals surface area contributed by atoms with Gasteiger partial charge in [0.05, 0.1) is 12.0 Å². The number of rotatable bonds is 2. The lowest BCUT2D eigenvalue weighted by atomic mass is 10.1. The van der Waals surface area contributed by atoms with E-state index in [1.165, 1.54) is 12.1 Å². The molecular formula is C13H13F2N3. The summed E-state index contributed by atoms with van der Waals surface area (Å²) >= 11 is 0. The molecule has 1 aliphatic rings. The van der Waals surface area contributed by atoms with Gasteiger partial charge >= 0.3 is 0 Å². The monoisotopic (exact) mass is 249 g/mol. The fraction of sp³-hybridized carbons (Fsp3) is 0.308. The van der Waals surface area contributed by atoms with E-state index in [2.05, 4.69) is 10.3 Å². The van der Waals surface area contributed by atoms with Crippen LogP contribution in [0.15, 0.2) is 30.7 Å². The summed E-state index contributed by atoms with van der Waals surface area (Å²) in [4.78, 5) is 4.09. The van der Waals surface area contributed by atoms with Crippen LogP contribution in [0.5, 0.6) is 0 Å². The highest BCUT2D eigenvalue weighted by Gasteiger charge is 2.21. The topological polar surface area (TPSA) is 29.9 Å². The fourth-order valence-electron chi connectivity index (χ4n) is 2.41. The highest BCUT2D eigenvalue weighted by atomic mass is 19.1. The van der Waals surface area contributed by atoms with Crippen molar-refractivity contribution in [1.82, 2.24) is 14.9 Å². The van der Waals surface area contributed by atoms with Crippen LogP contribution in [-0.2, 0) is 0 Å². The molecule has 3 rings (SSSR count). The third kappa shape index (κ3) is 2.01. The Morgan fingerprint density at radius 3 is 2.67 bits per heavy atom. The van der Waals surface area contributed by atoms with E-state index in [1.807, 2.05) is 0 Å². The number of nitrogens with one attached hydrogen (secondary N) is 1. The van der Waals surface area contributed by atoms with E-state index in [4.69, 9.17) is 0 Å². The van der Waals surface area contributed by atoms with Gasteiger partial charge in [-0.25, -0.2) is 13.8 Å². The second-order valence-electron chi connectivity index (χ2n) is 4.51. The molecule has 0 amide bonds. The van der Waals surface area contributed by atoms with Crippen LogP contribution in [-0.4, -0.2) is 22.6 Å². The highest BCUT2D eigenvalue weighted by molar-refractivity contribution is 5.35. The minimum Gasteiger partial charge on any atom is -0.316 e. The van der Waals surface area contributed by atoms with Gasteiger partial charge in [0.15, 0.2) is 0 Å². The van der Waals surface area contributed by atoms with E-state index < -0.39 is 11.6 Å². The van der Waals surface area contributed by atoms with Crippen molar-refractivity contribution >= 4 is 0 Å². The fourth-order valence-corrected chi connectivity index (χ4v) is 2.41. The van der Waals surface area contributed by atoms with Crippen molar-refractivity contribution in [3.8, 4) is 5.69 Å². The molecule has 0 aliphatic carbocycles. The predicted octanol–water partition coefficient (Wildman–Crippen LogP) is 2.23. The maximum Gasteiger partial charge on any atom is 0.128 e. The Kier molecular flexibility index (Phi) is 2.83. The Morgan fingerprint density at radius 2 is 2.00 bits per heavy atom. The van der Waals surface area contributed by atoms with E-state index in [9.17, 15) is 8.78 Å².